The molecule has 1 saturated heterocycles. The highest BCUT2D eigenvalue weighted by atomic mass is 15.1. The van der Waals surface area contributed by atoms with E-state index in [1.165, 1.54) is 34.9 Å². The lowest BCUT2D eigenvalue weighted by Gasteiger charge is -2.46. The number of rotatable bonds is 1. The van der Waals surface area contributed by atoms with Gasteiger partial charge in [0.25, 0.3) is 0 Å². The van der Waals surface area contributed by atoms with E-state index in [0.29, 0.717) is 17.9 Å². The fraction of sp³-hybridized carbons (Fsp3) is 0.529. The van der Waals surface area contributed by atoms with Crippen molar-refractivity contribution in [2.45, 2.75) is 37.8 Å². The Labute approximate surface area is 120 Å². The SMILES string of the molecule is CC(N)[C@@H]1C[C@@H]2c3cccc4[nH]cc(c34)C[C@H]2N(C)C1. The highest BCUT2D eigenvalue weighted by molar-refractivity contribution is 5.88. The lowest BCUT2D eigenvalue weighted by atomic mass is 9.71. The lowest BCUT2D eigenvalue weighted by molar-refractivity contribution is 0.102. The molecule has 4 atom stereocenters. The van der Waals surface area contributed by atoms with Crippen molar-refractivity contribution in [1.82, 2.24) is 9.88 Å². The number of nitrogens with one attached hydrogen (secondary N) is 1. The van der Waals surface area contributed by atoms with Gasteiger partial charge in [-0.25, -0.2) is 0 Å². The topological polar surface area (TPSA) is 45.1 Å². The molecule has 0 amide bonds. The van der Waals surface area contributed by atoms with Gasteiger partial charge in [0, 0.05) is 41.6 Å². The van der Waals surface area contributed by atoms with Gasteiger partial charge in [-0.1, -0.05) is 12.1 Å². The van der Waals surface area contributed by atoms with E-state index in [1.54, 1.807) is 0 Å². The van der Waals surface area contributed by atoms with Crippen molar-refractivity contribution in [1.29, 1.82) is 0 Å². The maximum atomic E-state index is 6.19. The van der Waals surface area contributed by atoms with Crippen molar-refractivity contribution in [3.8, 4) is 0 Å². The van der Waals surface area contributed by atoms with Crippen LogP contribution in [0.5, 0.6) is 0 Å². The zero-order chi connectivity index (χ0) is 13.9. The van der Waals surface area contributed by atoms with Crippen LogP contribution in [0.3, 0.4) is 0 Å². The number of benzene rings is 1. The average Bonchev–Trinajstić information content (AvgIpc) is 2.84. The molecule has 2 aliphatic rings. The number of nitrogens with two attached hydrogens (primary N) is 1. The highest BCUT2D eigenvalue weighted by Crippen LogP contribution is 2.44. The van der Waals surface area contributed by atoms with Crippen LogP contribution in [-0.2, 0) is 6.42 Å². The summed E-state index contributed by atoms with van der Waals surface area (Å²) in [5, 5.41) is 1.48. The van der Waals surface area contributed by atoms with Crippen LogP contribution in [0.4, 0.5) is 0 Å². The number of aromatic nitrogens is 1. The normalized spacial score (nSPS) is 31.2. The maximum Gasteiger partial charge on any atom is 0.0459 e. The molecular formula is C17H23N3. The van der Waals surface area contributed by atoms with Crippen LogP contribution in [0.2, 0.25) is 0 Å². The highest BCUT2D eigenvalue weighted by Gasteiger charge is 2.40. The van der Waals surface area contributed by atoms with Crippen LogP contribution in [0.1, 0.15) is 30.4 Å². The van der Waals surface area contributed by atoms with Crippen LogP contribution < -0.4 is 5.73 Å². The summed E-state index contributed by atoms with van der Waals surface area (Å²) in [7, 11) is 2.27. The van der Waals surface area contributed by atoms with Crippen LogP contribution >= 0.6 is 0 Å². The van der Waals surface area contributed by atoms with Gasteiger partial charge < -0.3 is 15.6 Å². The number of H-pyrrole nitrogens is 1. The van der Waals surface area contributed by atoms with E-state index in [9.17, 15) is 0 Å². The molecule has 0 radical (unpaired) electrons. The first kappa shape index (κ1) is 12.4. The van der Waals surface area contributed by atoms with Crippen molar-refractivity contribution >= 4 is 10.9 Å². The quantitative estimate of drug-likeness (QED) is 0.835. The molecule has 1 aromatic carbocycles. The zero-order valence-corrected chi connectivity index (χ0v) is 12.3. The fourth-order valence-corrected chi connectivity index (χ4v) is 4.36. The van der Waals surface area contributed by atoms with Gasteiger partial charge in [0.2, 0.25) is 0 Å². The molecule has 0 saturated carbocycles. The van der Waals surface area contributed by atoms with Crippen LogP contribution in [0.25, 0.3) is 10.9 Å². The number of hydrogen-bond acceptors (Lipinski definition) is 2. The summed E-state index contributed by atoms with van der Waals surface area (Å²) >= 11 is 0. The number of piperidine rings is 1. The molecule has 20 heavy (non-hydrogen) atoms. The number of aromatic amines is 1. The molecule has 1 fully saturated rings. The molecular weight excluding hydrogens is 246 g/mol. The summed E-state index contributed by atoms with van der Waals surface area (Å²) in [6.45, 7) is 3.29. The Bertz CT molecular complexity index is 643. The third-order valence-electron chi connectivity index (χ3n) is 5.50. The molecule has 1 aliphatic heterocycles. The Morgan fingerprint density at radius 1 is 1.40 bits per heavy atom. The molecule has 0 bridgehead atoms. The minimum atomic E-state index is 0.283. The van der Waals surface area contributed by atoms with Gasteiger partial charge in [0.05, 0.1) is 0 Å². The van der Waals surface area contributed by atoms with Gasteiger partial charge in [0.1, 0.15) is 0 Å². The van der Waals surface area contributed by atoms with Crippen LogP contribution in [0.15, 0.2) is 24.4 Å². The molecule has 2 heterocycles. The van der Waals surface area contributed by atoms with Crippen molar-refractivity contribution in [3.63, 3.8) is 0 Å². The van der Waals surface area contributed by atoms with E-state index >= 15 is 0 Å². The summed E-state index contributed by atoms with van der Waals surface area (Å²) in [4.78, 5) is 5.97. The third kappa shape index (κ3) is 1.66. The summed E-state index contributed by atoms with van der Waals surface area (Å²) in [5.74, 6) is 1.24. The van der Waals surface area contributed by atoms with Gasteiger partial charge in [0.15, 0.2) is 0 Å². The molecule has 3 N–H and O–H groups in total. The second-order valence-electron chi connectivity index (χ2n) is 6.76. The van der Waals surface area contributed by atoms with E-state index in [1.807, 2.05) is 0 Å². The number of likely N-dealkylation sites (tertiary alicyclic amines) is 1. The number of hydrogen-bond donors (Lipinski definition) is 2. The van der Waals surface area contributed by atoms with E-state index in [-0.39, 0.29) is 6.04 Å². The summed E-state index contributed by atoms with van der Waals surface area (Å²) in [6, 6.07) is 7.63. The summed E-state index contributed by atoms with van der Waals surface area (Å²) in [5.41, 5.74) is 10.5. The van der Waals surface area contributed by atoms with Gasteiger partial charge in [-0.3, -0.25) is 0 Å². The molecule has 1 aromatic heterocycles. The standard InChI is InChI=1S/C17H23N3/c1-10(18)12-6-14-13-4-3-5-15-17(13)11(8-19-15)7-16(14)20(2)9-12/h3-5,8,10,12,14,16,19H,6-7,9,18H2,1-2H3/t10?,12-,14-,16-/m1/s1. The zero-order valence-electron chi connectivity index (χ0n) is 12.3. The average molecular weight is 269 g/mol. The first-order chi connectivity index (χ1) is 9.65. The van der Waals surface area contributed by atoms with Crippen LogP contribution in [0, 0.1) is 5.92 Å². The van der Waals surface area contributed by atoms with Gasteiger partial charge in [-0.2, -0.15) is 0 Å². The monoisotopic (exact) mass is 269 g/mol. The third-order valence-corrected chi connectivity index (χ3v) is 5.50. The Morgan fingerprint density at radius 2 is 2.25 bits per heavy atom. The molecule has 4 rings (SSSR count). The molecule has 1 aliphatic carbocycles. The minimum absolute atomic E-state index is 0.283. The van der Waals surface area contributed by atoms with Crippen molar-refractivity contribution in [3.05, 3.63) is 35.5 Å². The van der Waals surface area contributed by atoms with Crippen molar-refractivity contribution in [2.75, 3.05) is 13.6 Å². The second kappa shape index (κ2) is 4.34. The number of likely N-dealkylation sites (N-methyl/N-ethyl adjacent to an activating group) is 1. The Kier molecular flexibility index (Phi) is 2.69. The van der Waals surface area contributed by atoms with Gasteiger partial charge >= 0.3 is 0 Å². The Hall–Kier alpha value is -1.32. The smallest absolute Gasteiger partial charge is 0.0459 e. The first-order valence-electron chi connectivity index (χ1n) is 7.70. The minimum Gasteiger partial charge on any atom is -0.361 e. The predicted octanol–water partition coefficient (Wildman–Crippen LogP) is 2.48. The molecule has 106 valence electrons. The van der Waals surface area contributed by atoms with E-state index < -0.39 is 0 Å². The van der Waals surface area contributed by atoms with Crippen molar-refractivity contribution < 1.29 is 0 Å². The second-order valence-corrected chi connectivity index (χ2v) is 6.76. The Balaban J connectivity index is 1.83. The summed E-state index contributed by atoms with van der Waals surface area (Å²) in [6.07, 6.45) is 4.61. The molecule has 2 aromatic rings. The fourth-order valence-electron chi connectivity index (χ4n) is 4.36. The Morgan fingerprint density at radius 3 is 3.05 bits per heavy atom. The predicted molar refractivity (Wildman–Crippen MR) is 82.9 cm³/mol. The molecule has 3 heteroatoms. The molecule has 1 unspecified atom stereocenters. The lowest BCUT2D eigenvalue weighted by Crippen LogP contribution is -2.51. The van der Waals surface area contributed by atoms with Crippen molar-refractivity contribution in [2.24, 2.45) is 11.7 Å². The largest absolute Gasteiger partial charge is 0.361 e. The van der Waals surface area contributed by atoms with Gasteiger partial charge in [-0.15, -0.1) is 0 Å². The number of nitrogens with zero attached hydrogens (tertiary/aromatic N) is 1. The van der Waals surface area contributed by atoms with Gasteiger partial charge in [-0.05, 0) is 49.9 Å². The maximum absolute atomic E-state index is 6.19. The molecule has 3 nitrogen and oxygen atoms in total. The molecule has 0 spiro atoms. The van der Waals surface area contributed by atoms with E-state index in [4.69, 9.17) is 5.73 Å². The van der Waals surface area contributed by atoms with E-state index in [0.717, 1.165) is 6.54 Å². The number of fused-ring (bicyclic) bond motifs is 2. The summed E-state index contributed by atoms with van der Waals surface area (Å²) < 4.78 is 0. The van der Waals surface area contributed by atoms with E-state index in [2.05, 4.69) is 48.3 Å². The first-order valence-corrected chi connectivity index (χ1v) is 7.70. The van der Waals surface area contributed by atoms with Crippen LogP contribution in [-0.4, -0.2) is 35.6 Å².